The van der Waals surface area contributed by atoms with Gasteiger partial charge in [0, 0.05) is 22.6 Å². The van der Waals surface area contributed by atoms with Crippen LogP contribution in [0.15, 0.2) is 27.3 Å². The highest BCUT2D eigenvalue weighted by molar-refractivity contribution is 7.84. The lowest BCUT2D eigenvalue weighted by atomic mass is 10.1. The summed E-state index contributed by atoms with van der Waals surface area (Å²) in [5.41, 5.74) is 17.0. The van der Waals surface area contributed by atoms with Gasteiger partial charge in [0.25, 0.3) is 5.91 Å². The summed E-state index contributed by atoms with van der Waals surface area (Å²) in [6, 6.07) is 2.61. The van der Waals surface area contributed by atoms with Crippen molar-refractivity contribution >= 4 is 28.3 Å². The van der Waals surface area contributed by atoms with Gasteiger partial charge in [-0.15, -0.1) is 0 Å². The Morgan fingerprint density at radius 3 is 2.56 bits per heavy atom. The number of benzene rings is 1. The summed E-state index contributed by atoms with van der Waals surface area (Å²) in [5.74, 6) is -0.502. The standard InChI is InChI=1S/C8H5N7O2S/c1-15-8(16)7-5(12-14-10)2-4(11-13-9)3-6(7)18(15)17/h2-3H,1H3. The van der Waals surface area contributed by atoms with Gasteiger partial charge in [-0.3, -0.25) is 9.10 Å². The van der Waals surface area contributed by atoms with Crippen molar-refractivity contribution in [2.24, 2.45) is 10.2 Å². The molecule has 0 aromatic heterocycles. The molecule has 0 N–H and O–H groups in total. The molecule has 0 saturated carbocycles. The van der Waals surface area contributed by atoms with Crippen molar-refractivity contribution in [2.75, 3.05) is 7.05 Å². The van der Waals surface area contributed by atoms with Crippen LogP contribution in [0.2, 0.25) is 0 Å². The highest BCUT2D eigenvalue weighted by Gasteiger charge is 2.34. The number of carbonyl (C=O) groups excluding carboxylic acids is 1. The summed E-state index contributed by atoms with van der Waals surface area (Å²) in [6.07, 6.45) is 0. The normalized spacial score (nSPS) is 16.8. The van der Waals surface area contributed by atoms with E-state index in [-0.39, 0.29) is 21.8 Å². The highest BCUT2D eigenvalue weighted by Crippen LogP contribution is 2.37. The van der Waals surface area contributed by atoms with Crippen molar-refractivity contribution in [1.82, 2.24) is 4.31 Å². The lowest BCUT2D eigenvalue weighted by Crippen LogP contribution is -2.20. The van der Waals surface area contributed by atoms with E-state index in [4.69, 9.17) is 11.1 Å². The minimum atomic E-state index is -1.68. The topological polar surface area (TPSA) is 135 Å². The maximum atomic E-state index is 11.9. The van der Waals surface area contributed by atoms with Gasteiger partial charge in [0.05, 0.1) is 16.1 Å². The summed E-state index contributed by atoms with van der Waals surface area (Å²) in [4.78, 5) is 17.2. The van der Waals surface area contributed by atoms with Crippen LogP contribution in [-0.2, 0) is 11.0 Å². The second-order valence-electron chi connectivity index (χ2n) is 3.27. The zero-order valence-electron chi connectivity index (χ0n) is 9.01. The Labute approximate surface area is 103 Å². The highest BCUT2D eigenvalue weighted by atomic mass is 32.2. The molecule has 0 bridgehead atoms. The van der Waals surface area contributed by atoms with E-state index in [0.717, 1.165) is 4.31 Å². The van der Waals surface area contributed by atoms with Crippen molar-refractivity contribution in [3.63, 3.8) is 0 Å². The van der Waals surface area contributed by atoms with Crippen LogP contribution < -0.4 is 0 Å². The molecule has 9 nitrogen and oxygen atoms in total. The molecule has 0 fully saturated rings. The first-order chi connectivity index (χ1) is 8.60. The molecule has 18 heavy (non-hydrogen) atoms. The van der Waals surface area contributed by atoms with Crippen molar-refractivity contribution in [1.29, 1.82) is 0 Å². The van der Waals surface area contributed by atoms with Gasteiger partial charge >= 0.3 is 0 Å². The molecule has 0 aliphatic carbocycles. The smallest absolute Gasteiger partial charge is 0.267 e. The molecule has 1 heterocycles. The average Bonchev–Trinajstić information content (AvgIpc) is 2.56. The first-order valence-corrected chi connectivity index (χ1v) is 5.69. The van der Waals surface area contributed by atoms with Crippen molar-refractivity contribution < 1.29 is 9.00 Å². The molecule has 1 aliphatic heterocycles. The Morgan fingerprint density at radius 2 is 1.94 bits per heavy atom. The van der Waals surface area contributed by atoms with E-state index in [1.807, 2.05) is 0 Å². The second-order valence-corrected chi connectivity index (χ2v) is 4.75. The molecule has 0 spiro atoms. The fourth-order valence-corrected chi connectivity index (χ4v) is 2.68. The Bertz CT molecular complexity index is 672. The van der Waals surface area contributed by atoms with E-state index < -0.39 is 16.9 Å². The monoisotopic (exact) mass is 263 g/mol. The number of nitrogens with zero attached hydrogens (tertiary/aromatic N) is 7. The number of azide groups is 2. The summed E-state index contributed by atoms with van der Waals surface area (Å²) in [6.45, 7) is 0. The van der Waals surface area contributed by atoms with Crippen molar-refractivity contribution in [3.8, 4) is 0 Å². The number of fused-ring (bicyclic) bond motifs is 1. The Kier molecular flexibility index (Phi) is 2.90. The van der Waals surface area contributed by atoms with Gasteiger partial charge in [-0.1, -0.05) is 10.2 Å². The molecule has 10 heteroatoms. The third kappa shape index (κ3) is 1.66. The van der Waals surface area contributed by atoms with E-state index in [1.165, 1.54) is 19.2 Å². The molecule has 1 aromatic carbocycles. The minimum Gasteiger partial charge on any atom is -0.268 e. The van der Waals surface area contributed by atoms with Gasteiger partial charge in [-0.05, 0) is 23.2 Å². The summed E-state index contributed by atoms with van der Waals surface area (Å²) in [5, 5.41) is 6.70. The molecule has 0 radical (unpaired) electrons. The van der Waals surface area contributed by atoms with Crippen LogP contribution >= 0.6 is 0 Å². The first kappa shape index (κ1) is 11.9. The minimum absolute atomic E-state index is 0.0000926. The third-order valence-corrected chi connectivity index (χ3v) is 3.68. The zero-order valence-corrected chi connectivity index (χ0v) is 9.83. The lowest BCUT2D eigenvalue weighted by Gasteiger charge is -2.03. The van der Waals surface area contributed by atoms with Crippen LogP contribution in [0.25, 0.3) is 20.9 Å². The molecule has 1 unspecified atom stereocenters. The Hall–Kier alpha value is -2.54. The van der Waals surface area contributed by atoms with E-state index in [1.54, 1.807) is 0 Å². The second kappa shape index (κ2) is 4.38. The van der Waals surface area contributed by atoms with Crippen LogP contribution in [0.5, 0.6) is 0 Å². The molecule has 0 saturated heterocycles. The fourth-order valence-electron chi connectivity index (χ4n) is 1.56. The number of amides is 1. The molecular formula is C8H5N7O2S. The summed E-state index contributed by atoms with van der Waals surface area (Å²) >= 11 is 0. The Balaban J connectivity index is 2.80. The number of rotatable bonds is 2. The van der Waals surface area contributed by atoms with Gasteiger partial charge in [0.15, 0.2) is 11.0 Å². The summed E-state index contributed by atoms with van der Waals surface area (Å²) in [7, 11) is -0.317. The molecule has 1 atom stereocenters. The Morgan fingerprint density at radius 1 is 1.28 bits per heavy atom. The predicted octanol–water partition coefficient (Wildman–Crippen LogP) is 2.68. The van der Waals surface area contributed by atoms with Crippen LogP contribution in [0.3, 0.4) is 0 Å². The lowest BCUT2D eigenvalue weighted by molar-refractivity contribution is 0.0895. The van der Waals surface area contributed by atoms with E-state index in [9.17, 15) is 9.00 Å². The van der Waals surface area contributed by atoms with Gasteiger partial charge in [-0.2, -0.15) is 0 Å². The van der Waals surface area contributed by atoms with Crippen molar-refractivity contribution in [2.45, 2.75) is 4.90 Å². The molecule has 90 valence electrons. The van der Waals surface area contributed by atoms with Crippen LogP contribution in [-0.4, -0.2) is 21.5 Å². The average molecular weight is 263 g/mol. The van der Waals surface area contributed by atoms with Crippen LogP contribution in [0.4, 0.5) is 11.4 Å². The molecule has 2 rings (SSSR count). The number of hydrogen-bond donors (Lipinski definition) is 0. The fraction of sp³-hybridized carbons (Fsp3) is 0.125. The quantitative estimate of drug-likeness (QED) is 0.460. The van der Waals surface area contributed by atoms with E-state index in [2.05, 4.69) is 20.1 Å². The van der Waals surface area contributed by atoms with Gasteiger partial charge in [0.1, 0.15) is 0 Å². The van der Waals surface area contributed by atoms with Gasteiger partial charge in [0.2, 0.25) is 0 Å². The number of hydrogen-bond acceptors (Lipinski definition) is 4. The summed E-state index contributed by atoms with van der Waals surface area (Å²) < 4.78 is 12.9. The maximum absolute atomic E-state index is 11.9. The largest absolute Gasteiger partial charge is 0.268 e. The first-order valence-electron chi connectivity index (χ1n) is 4.58. The van der Waals surface area contributed by atoms with Gasteiger partial charge < -0.3 is 0 Å². The van der Waals surface area contributed by atoms with Crippen LogP contribution in [0.1, 0.15) is 10.4 Å². The SMILES string of the molecule is CN1C(=O)c2c(N=[N+]=[N-])cc(N=[N+]=[N-])cc2S1=O. The zero-order chi connectivity index (χ0) is 13.3. The third-order valence-electron chi connectivity index (χ3n) is 2.32. The molecule has 1 aliphatic rings. The maximum Gasteiger partial charge on any atom is 0.267 e. The molecule has 1 aromatic rings. The molecule has 1 amide bonds. The van der Waals surface area contributed by atoms with E-state index in [0.29, 0.717) is 0 Å². The predicted molar refractivity (Wildman–Crippen MR) is 62.6 cm³/mol. The van der Waals surface area contributed by atoms with Crippen LogP contribution in [0, 0.1) is 0 Å². The van der Waals surface area contributed by atoms with Crippen molar-refractivity contribution in [3.05, 3.63) is 38.6 Å². The molecular weight excluding hydrogens is 258 g/mol. The van der Waals surface area contributed by atoms with E-state index >= 15 is 0 Å². The number of carbonyl (C=O) groups is 1. The van der Waals surface area contributed by atoms with Gasteiger partial charge in [-0.25, -0.2) is 4.21 Å².